The average Bonchev–Trinajstić information content (AvgIpc) is 3.27. The molecule has 1 heterocycles. The largest absolute Gasteiger partial charge is 0.489 e. The molecule has 1 aromatic heterocycles. The van der Waals surface area contributed by atoms with E-state index >= 15 is 0 Å². The first-order chi connectivity index (χ1) is 16.7. The Kier molecular flexibility index (Phi) is 6.97. The summed E-state index contributed by atoms with van der Waals surface area (Å²) in [5.74, 6) is -0.0616. The SMILES string of the molecule is CCC1(CC)CCC(C)(C)c2ccc(COc3ccc(C(CC(=O)O)c4nnnn4C)cc3)cc21. The number of nitrogens with zero attached hydrogens (tertiary/aromatic N) is 4. The lowest BCUT2D eigenvalue weighted by molar-refractivity contribution is -0.137. The predicted molar refractivity (Wildman–Crippen MR) is 135 cm³/mol. The van der Waals surface area contributed by atoms with Crippen LogP contribution in [0.25, 0.3) is 0 Å². The summed E-state index contributed by atoms with van der Waals surface area (Å²) in [5.41, 5.74) is 5.42. The highest BCUT2D eigenvalue weighted by Gasteiger charge is 2.40. The van der Waals surface area contributed by atoms with Crippen molar-refractivity contribution in [2.24, 2.45) is 7.05 Å². The first-order valence-corrected chi connectivity index (χ1v) is 12.5. The molecule has 0 aliphatic heterocycles. The van der Waals surface area contributed by atoms with Crippen LogP contribution in [0.4, 0.5) is 0 Å². The Labute approximate surface area is 207 Å². The summed E-state index contributed by atoms with van der Waals surface area (Å²) in [7, 11) is 1.72. The van der Waals surface area contributed by atoms with E-state index in [1.807, 2.05) is 24.3 Å². The first kappa shape index (κ1) is 24.9. The van der Waals surface area contributed by atoms with Crippen molar-refractivity contribution in [2.45, 2.75) is 83.2 Å². The molecule has 186 valence electrons. The number of aromatic nitrogens is 4. The molecule has 0 fully saturated rings. The molecule has 2 aromatic carbocycles. The van der Waals surface area contributed by atoms with E-state index in [0.717, 1.165) is 24.2 Å². The molecule has 35 heavy (non-hydrogen) atoms. The minimum atomic E-state index is -0.899. The van der Waals surface area contributed by atoms with Crippen LogP contribution in [-0.2, 0) is 29.3 Å². The number of carboxylic acid groups (broad SMARTS) is 1. The van der Waals surface area contributed by atoms with E-state index in [0.29, 0.717) is 12.4 Å². The van der Waals surface area contributed by atoms with Crippen LogP contribution in [0.1, 0.15) is 93.8 Å². The van der Waals surface area contributed by atoms with Gasteiger partial charge in [0.1, 0.15) is 12.4 Å². The minimum absolute atomic E-state index is 0.0868. The lowest BCUT2D eigenvalue weighted by atomic mass is 9.59. The molecule has 7 heteroatoms. The lowest BCUT2D eigenvalue weighted by Crippen LogP contribution is -2.37. The summed E-state index contributed by atoms with van der Waals surface area (Å²) in [4.78, 5) is 11.4. The van der Waals surface area contributed by atoms with E-state index in [1.165, 1.54) is 34.2 Å². The standard InChI is InChI=1S/C28H36N4O3/c1-6-28(7-2)15-14-27(3,4)23-13-8-19(16-24(23)28)18-35-21-11-9-20(10-12-21)22(17-25(33)34)26-29-30-31-32(26)5/h8-13,16,22H,6-7,14-15,17-18H2,1-5H3,(H,33,34). The molecule has 4 rings (SSSR count). The second-order valence-corrected chi connectivity index (χ2v) is 10.4. The molecule has 7 nitrogen and oxygen atoms in total. The fraction of sp³-hybridized carbons (Fsp3) is 0.500. The fourth-order valence-corrected chi connectivity index (χ4v) is 5.54. The quantitative estimate of drug-likeness (QED) is 0.437. The summed E-state index contributed by atoms with van der Waals surface area (Å²) >= 11 is 0. The van der Waals surface area contributed by atoms with Gasteiger partial charge in [0.05, 0.1) is 12.3 Å². The van der Waals surface area contributed by atoms with Gasteiger partial charge in [0.2, 0.25) is 0 Å². The molecule has 1 atom stereocenters. The third-order valence-corrected chi connectivity index (χ3v) is 8.00. The molecule has 0 amide bonds. The van der Waals surface area contributed by atoms with Gasteiger partial charge in [-0.05, 0) is 81.3 Å². The second-order valence-electron chi connectivity index (χ2n) is 10.4. The van der Waals surface area contributed by atoms with Gasteiger partial charge in [0.15, 0.2) is 5.82 Å². The van der Waals surface area contributed by atoms with Crippen molar-refractivity contribution >= 4 is 5.97 Å². The zero-order valence-electron chi connectivity index (χ0n) is 21.4. The molecule has 1 N–H and O–H groups in total. The maximum atomic E-state index is 11.4. The van der Waals surface area contributed by atoms with Crippen molar-refractivity contribution in [3.8, 4) is 5.75 Å². The summed E-state index contributed by atoms with van der Waals surface area (Å²) in [6.45, 7) is 9.82. The van der Waals surface area contributed by atoms with Crippen LogP contribution in [0, 0.1) is 0 Å². The highest BCUT2D eigenvalue weighted by molar-refractivity contribution is 5.68. The number of rotatable bonds is 9. The molecular weight excluding hydrogens is 440 g/mol. The fourth-order valence-electron chi connectivity index (χ4n) is 5.54. The molecule has 0 spiro atoms. The third kappa shape index (κ3) is 4.95. The Morgan fingerprint density at radius 1 is 1.09 bits per heavy atom. The van der Waals surface area contributed by atoms with Crippen LogP contribution in [0.3, 0.4) is 0 Å². The molecule has 1 aliphatic carbocycles. The summed E-state index contributed by atoms with van der Waals surface area (Å²) in [5, 5.41) is 20.9. The van der Waals surface area contributed by atoms with E-state index in [9.17, 15) is 9.90 Å². The van der Waals surface area contributed by atoms with Crippen molar-refractivity contribution in [3.63, 3.8) is 0 Å². The van der Waals surface area contributed by atoms with Gasteiger partial charge >= 0.3 is 5.97 Å². The summed E-state index contributed by atoms with van der Waals surface area (Å²) in [6.07, 6.45) is 4.66. The Hall–Kier alpha value is -3.22. The average molecular weight is 477 g/mol. The highest BCUT2D eigenvalue weighted by atomic mass is 16.5. The van der Waals surface area contributed by atoms with Gasteiger partial charge in [-0.3, -0.25) is 4.79 Å². The van der Waals surface area contributed by atoms with Crippen molar-refractivity contribution in [1.29, 1.82) is 0 Å². The number of benzene rings is 2. The van der Waals surface area contributed by atoms with Crippen LogP contribution in [0.5, 0.6) is 5.75 Å². The van der Waals surface area contributed by atoms with Gasteiger partial charge < -0.3 is 9.84 Å². The van der Waals surface area contributed by atoms with Crippen LogP contribution < -0.4 is 4.74 Å². The van der Waals surface area contributed by atoms with Crippen molar-refractivity contribution in [1.82, 2.24) is 20.2 Å². The van der Waals surface area contributed by atoms with Crippen molar-refractivity contribution in [3.05, 3.63) is 70.5 Å². The van der Waals surface area contributed by atoms with Gasteiger partial charge in [0.25, 0.3) is 0 Å². The number of aryl methyl sites for hydroxylation is 1. The second kappa shape index (κ2) is 9.80. The smallest absolute Gasteiger partial charge is 0.304 e. The van der Waals surface area contributed by atoms with E-state index in [4.69, 9.17) is 4.74 Å². The number of aliphatic carboxylic acids is 1. The molecule has 1 unspecified atom stereocenters. The van der Waals surface area contributed by atoms with Gasteiger partial charge in [-0.2, -0.15) is 0 Å². The van der Waals surface area contributed by atoms with Crippen molar-refractivity contribution in [2.75, 3.05) is 0 Å². The number of tetrazole rings is 1. The Morgan fingerprint density at radius 3 is 2.40 bits per heavy atom. The van der Waals surface area contributed by atoms with E-state index in [2.05, 4.69) is 61.4 Å². The molecule has 0 saturated carbocycles. The molecule has 0 radical (unpaired) electrons. The van der Waals surface area contributed by atoms with Crippen LogP contribution in [0.15, 0.2) is 42.5 Å². The third-order valence-electron chi connectivity index (χ3n) is 8.00. The van der Waals surface area contributed by atoms with Gasteiger partial charge in [0, 0.05) is 7.05 Å². The van der Waals surface area contributed by atoms with Crippen molar-refractivity contribution < 1.29 is 14.6 Å². The number of fused-ring (bicyclic) bond motifs is 1. The number of hydrogen-bond acceptors (Lipinski definition) is 5. The summed E-state index contributed by atoms with van der Waals surface area (Å²) < 4.78 is 7.65. The molecule has 3 aromatic rings. The van der Waals surface area contributed by atoms with Crippen LogP contribution in [-0.4, -0.2) is 31.3 Å². The molecule has 0 bridgehead atoms. The van der Waals surface area contributed by atoms with Crippen LogP contribution >= 0.6 is 0 Å². The Morgan fingerprint density at radius 2 is 1.80 bits per heavy atom. The number of carboxylic acids is 1. The van der Waals surface area contributed by atoms with E-state index < -0.39 is 11.9 Å². The Bertz CT molecular complexity index is 1180. The topological polar surface area (TPSA) is 90.1 Å². The molecule has 0 saturated heterocycles. The van der Waals surface area contributed by atoms with Gasteiger partial charge in [-0.25, -0.2) is 4.68 Å². The normalized spacial score (nSPS) is 16.9. The zero-order chi connectivity index (χ0) is 25.2. The van der Waals surface area contributed by atoms with Crippen LogP contribution in [0.2, 0.25) is 0 Å². The monoisotopic (exact) mass is 476 g/mol. The number of ether oxygens (including phenoxy) is 1. The Balaban J connectivity index is 1.53. The first-order valence-electron chi connectivity index (χ1n) is 12.5. The van der Waals surface area contributed by atoms with Gasteiger partial charge in [-0.1, -0.05) is 58.0 Å². The molecular formula is C28H36N4O3. The maximum Gasteiger partial charge on any atom is 0.304 e. The predicted octanol–water partition coefficient (Wildman–Crippen LogP) is 5.52. The van der Waals surface area contributed by atoms with E-state index in [-0.39, 0.29) is 17.3 Å². The zero-order valence-corrected chi connectivity index (χ0v) is 21.4. The lowest BCUT2D eigenvalue weighted by Gasteiger charge is -2.45. The van der Waals surface area contributed by atoms with Gasteiger partial charge in [-0.15, -0.1) is 5.10 Å². The summed E-state index contributed by atoms with van der Waals surface area (Å²) in [6, 6.07) is 14.4. The number of hydrogen-bond donors (Lipinski definition) is 1. The number of carbonyl (C=O) groups is 1. The molecule has 1 aliphatic rings. The maximum absolute atomic E-state index is 11.4. The minimum Gasteiger partial charge on any atom is -0.489 e. The highest BCUT2D eigenvalue weighted by Crippen LogP contribution is 2.49. The van der Waals surface area contributed by atoms with E-state index in [1.54, 1.807) is 7.05 Å².